The van der Waals surface area contributed by atoms with Crippen LogP contribution in [0.2, 0.25) is 18.1 Å². The summed E-state index contributed by atoms with van der Waals surface area (Å²) >= 11 is 0. The predicted molar refractivity (Wildman–Crippen MR) is 172 cm³/mol. The number of carbonyl (C=O) groups is 1. The van der Waals surface area contributed by atoms with Crippen LogP contribution in [-0.4, -0.2) is 62.1 Å². The van der Waals surface area contributed by atoms with E-state index in [1.807, 2.05) is 13.0 Å². The second kappa shape index (κ2) is 11.4. The van der Waals surface area contributed by atoms with E-state index in [0.717, 1.165) is 36.4 Å². The molecular weight excluding hydrogens is 545 g/mol. The topological polar surface area (TPSA) is 69.7 Å². The zero-order chi connectivity index (χ0) is 30.4. The lowest BCUT2D eigenvalue weighted by Gasteiger charge is -2.37. The Morgan fingerprint density at radius 3 is 2.62 bits per heavy atom. The number of ketones is 1. The number of aromatic nitrogens is 1. The molecule has 3 heterocycles. The van der Waals surface area contributed by atoms with Crippen LogP contribution < -0.4 is 15.1 Å². The minimum Gasteiger partial charge on any atom is -0.543 e. The van der Waals surface area contributed by atoms with Crippen molar-refractivity contribution < 1.29 is 13.6 Å². The number of fused-ring (bicyclic) bond motifs is 2. The number of hydrogen-bond donors (Lipinski definition) is 2. The van der Waals surface area contributed by atoms with Gasteiger partial charge in [0.25, 0.3) is 0 Å². The number of halogens is 1. The van der Waals surface area contributed by atoms with Gasteiger partial charge in [-0.15, -0.1) is 0 Å². The van der Waals surface area contributed by atoms with Crippen molar-refractivity contribution in [2.75, 3.05) is 37.8 Å². The molecule has 5 rings (SSSR count). The van der Waals surface area contributed by atoms with Crippen LogP contribution in [0.4, 0.5) is 27.3 Å². The van der Waals surface area contributed by atoms with Crippen molar-refractivity contribution in [1.82, 2.24) is 14.8 Å². The van der Waals surface area contributed by atoms with E-state index < -0.39 is 14.1 Å². The normalized spacial score (nSPS) is 17.5. The highest BCUT2D eigenvalue weighted by Gasteiger charge is 2.39. The van der Waals surface area contributed by atoms with Crippen molar-refractivity contribution in [3.05, 3.63) is 70.7 Å². The van der Waals surface area contributed by atoms with Crippen molar-refractivity contribution in [3.63, 3.8) is 0 Å². The van der Waals surface area contributed by atoms with E-state index >= 15 is 4.39 Å². The van der Waals surface area contributed by atoms with Crippen LogP contribution in [0.1, 0.15) is 54.2 Å². The minimum absolute atomic E-state index is 0.0000788. The summed E-state index contributed by atoms with van der Waals surface area (Å²) in [6.07, 6.45) is 3.04. The van der Waals surface area contributed by atoms with Crippen LogP contribution in [-0.2, 0) is 13.0 Å². The number of nitrogens with zero attached hydrogens (tertiary/aromatic N) is 3. The summed E-state index contributed by atoms with van der Waals surface area (Å²) in [7, 11) is 2.13. The van der Waals surface area contributed by atoms with Crippen LogP contribution in [0.15, 0.2) is 42.6 Å². The Morgan fingerprint density at radius 2 is 1.93 bits per heavy atom. The van der Waals surface area contributed by atoms with Gasteiger partial charge < -0.3 is 20.0 Å². The van der Waals surface area contributed by atoms with Crippen LogP contribution in [0, 0.1) is 12.7 Å². The third-order valence-corrected chi connectivity index (χ3v) is 13.4. The Morgan fingerprint density at radius 1 is 1.17 bits per heavy atom. The van der Waals surface area contributed by atoms with Crippen molar-refractivity contribution in [1.29, 1.82) is 0 Å². The highest BCUT2D eigenvalue weighted by atomic mass is 28.4. The molecule has 1 fully saturated rings. The van der Waals surface area contributed by atoms with E-state index in [1.165, 1.54) is 18.1 Å². The maximum Gasteiger partial charge on any atom is 0.250 e. The molecule has 224 valence electrons. The Kier molecular flexibility index (Phi) is 8.22. The van der Waals surface area contributed by atoms with Crippen molar-refractivity contribution in [2.45, 2.75) is 71.3 Å². The van der Waals surface area contributed by atoms with E-state index in [9.17, 15) is 4.79 Å². The van der Waals surface area contributed by atoms with E-state index in [1.54, 1.807) is 18.3 Å². The first kappa shape index (κ1) is 30.2. The number of carbonyl (C=O) groups excluding carboxylic acids is 1. The number of nitrogens with one attached hydrogen (secondary N) is 2. The first-order chi connectivity index (χ1) is 19.7. The van der Waals surface area contributed by atoms with Gasteiger partial charge in [-0.05, 0) is 80.5 Å². The molecule has 0 unspecified atom stereocenters. The van der Waals surface area contributed by atoms with Crippen molar-refractivity contribution in [3.8, 4) is 5.75 Å². The molecule has 0 spiro atoms. The van der Waals surface area contributed by atoms with Crippen LogP contribution in [0.25, 0.3) is 0 Å². The number of likely N-dealkylation sites (tertiary alicyclic amines) is 1. The molecular formula is C33H44FN5O2Si. The number of rotatable bonds is 7. The Labute approximate surface area is 250 Å². The van der Waals surface area contributed by atoms with Gasteiger partial charge in [-0.3, -0.25) is 9.69 Å². The van der Waals surface area contributed by atoms with Gasteiger partial charge >= 0.3 is 0 Å². The fourth-order valence-electron chi connectivity index (χ4n) is 5.41. The summed E-state index contributed by atoms with van der Waals surface area (Å²) < 4.78 is 21.8. The zero-order valence-electron chi connectivity index (χ0n) is 26.2. The van der Waals surface area contributed by atoms with E-state index in [0.29, 0.717) is 28.9 Å². The number of aryl methyl sites for hydroxylation is 1. The molecule has 0 aliphatic carbocycles. The van der Waals surface area contributed by atoms with Gasteiger partial charge in [-0.25, -0.2) is 9.37 Å². The zero-order valence-corrected chi connectivity index (χ0v) is 27.2. The lowest BCUT2D eigenvalue weighted by atomic mass is 10.0. The Bertz CT molecular complexity index is 1500. The Hall–Kier alpha value is -3.27. The second-order valence-electron chi connectivity index (χ2n) is 13.5. The predicted octanol–water partition coefficient (Wildman–Crippen LogP) is 7.28. The molecule has 0 amide bonds. The second-order valence-corrected chi connectivity index (χ2v) is 18.2. The van der Waals surface area contributed by atoms with Gasteiger partial charge in [0.1, 0.15) is 17.4 Å². The fraction of sp³-hybridized carbons (Fsp3) is 0.455. The quantitative estimate of drug-likeness (QED) is 0.281. The summed E-state index contributed by atoms with van der Waals surface area (Å²) in [4.78, 5) is 23.0. The molecule has 9 heteroatoms. The maximum atomic E-state index is 15.3. The first-order valence-electron chi connectivity index (χ1n) is 14.8. The number of pyridine rings is 1. The maximum absolute atomic E-state index is 15.3. The highest BCUT2D eigenvalue weighted by Crippen LogP contribution is 2.40. The molecule has 1 atom stereocenters. The van der Waals surface area contributed by atoms with Gasteiger partial charge in [0.15, 0.2) is 5.78 Å². The standard InChI is InChI=1S/C33H44FN5O2Si/c1-21-15-25(34)28(18-30(21)41-42(7,8)33(2,3)4)36-27-11-13-35-32-31(27)29(40)17-23-16-22(9-10-26(23)37-32)19-39-14-12-24(20-39)38(5)6/h9-11,13,15-16,18,24H,12,14,17,19-20H2,1-8H3,(H2,35,36,37)/t24-/m0/s1. The summed E-state index contributed by atoms with van der Waals surface area (Å²) in [5.74, 6) is 0.657. The monoisotopic (exact) mass is 589 g/mol. The SMILES string of the molecule is Cc1cc(F)c(Nc2ccnc3c2C(=O)Cc2cc(CN4CC[C@H](N(C)C)C4)ccc2N3)cc1O[Si](C)(C)C(C)(C)C. The van der Waals surface area contributed by atoms with E-state index in [4.69, 9.17) is 4.43 Å². The Balaban J connectivity index is 1.39. The number of hydrogen-bond acceptors (Lipinski definition) is 7. The summed E-state index contributed by atoms with van der Waals surface area (Å²) in [6, 6.07) is 11.8. The molecule has 42 heavy (non-hydrogen) atoms. The third-order valence-electron chi connectivity index (χ3n) is 9.09. The van der Waals surface area contributed by atoms with Gasteiger partial charge in [0, 0.05) is 50.0 Å². The average Bonchev–Trinajstić information content (AvgIpc) is 3.31. The molecule has 0 saturated carbocycles. The summed E-state index contributed by atoms with van der Waals surface area (Å²) in [5, 5.41) is 6.58. The van der Waals surface area contributed by atoms with Crippen molar-refractivity contribution in [2.24, 2.45) is 0 Å². The summed E-state index contributed by atoms with van der Waals surface area (Å²) in [6.45, 7) is 15.7. The number of anilines is 4. The molecule has 3 aromatic rings. The van der Waals surface area contributed by atoms with Gasteiger partial charge in [0.2, 0.25) is 8.32 Å². The van der Waals surface area contributed by atoms with Crippen LogP contribution >= 0.6 is 0 Å². The summed E-state index contributed by atoms with van der Waals surface area (Å²) in [5.41, 5.74) is 4.95. The highest BCUT2D eigenvalue weighted by molar-refractivity contribution is 6.74. The molecule has 2 aliphatic rings. The van der Waals surface area contributed by atoms with Gasteiger partial charge in [-0.1, -0.05) is 32.9 Å². The molecule has 7 nitrogen and oxygen atoms in total. The van der Waals surface area contributed by atoms with E-state index in [2.05, 4.69) is 85.5 Å². The smallest absolute Gasteiger partial charge is 0.250 e. The van der Waals surface area contributed by atoms with Gasteiger partial charge in [0.05, 0.1) is 16.9 Å². The molecule has 1 aromatic heterocycles. The largest absolute Gasteiger partial charge is 0.543 e. The first-order valence-corrected chi connectivity index (χ1v) is 17.7. The van der Waals surface area contributed by atoms with Crippen molar-refractivity contribution >= 4 is 37.0 Å². The molecule has 2 aliphatic heterocycles. The lowest BCUT2D eigenvalue weighted by molar-refractivity contribution is 0.0995. The molecule has 2 N–H and O–H groups in total. The average molecular weight is 590 g/mol. The number of likely N-dealkylation sites (N-methyl/N-ethyl adjacent to an activating group) is 1. The molecule has 1 saturated heterocycles. The van der Waals surface area contributed by atoms with Crippen LogP contribution in [0.5, 0.6) is 5.75 Å². The van der Waals surface area contributed by atoms with E-state index in [-0.39, 0.29) is 22.9 Å². The lowest BCUT2D eigenvalue weighted by Crippen LogP contribution is -2.44. The third kappa shape index (κ3) is 6.23. The minimum atomic E-state index is -2.14. The molecule has 2 aromatic carbocycles. The fourth-order valence-corrected chi connectivity index (χ4v) is 6.49. The molecule has 0 radical (unpaired) electrons. The van der Waals surface area contributed by atoms with Crippen LogP contribution in [0.3, 0.4) is 0 Å². The molecule has 0 bridgehead atoms. The number of Topliss-reactive ketones (excluding diaryl/α,β-unsaturated/α-hetero) is 1. The number of benzene rings is 2. The van der Waals surface area contributed by atoms with Gasteiger partial charge in [-0.2, -0.15) is 0 Å².